The van der Waals surface area contributed by atoms with E-state index in [2.05, 4.69) is 25.7 Å². The molecule has 0 bridgehead atoms. The van der Waals surface area contributed by atoms with Gasteiger partial charge in [0.25, 0.3) is 5.91 Å². The van der Waals surface area contributed by atoms with E-state index in [4.69, 9.17) is 0 Å². The van der Waals surface area contributed by atoms with Gasteiger partial charge in [0, 0.05) is 18.3 Å². The van der Waals surface area contributed by atoms with Gasteiger partial charge in [-0.15, -0.1) is 0 Å². The maximum absolute atomic E-state index is 12.8. The molecule has 8 nitrogen and oxygen atoms in total. The van der Waals surface area contributed by atoms with Gasteiger partial charge in [-0.3, -0.25) is 14.6 Å². The number of amides is 1. The zero-order chi connectivity index (χ0) is 20.7. The Labute approximate surface area is 168 Å². The molecule has 4 aromatic rings. The summed E-state index contributed by atoms with van der Waals surface area (Å²) < 4.78 is 3.63. The number of aromatic nitrogens is 6. The standard InChI is InChI=1S/C21H23N7O/c1-12-19(14(3)27(5)25-12)17-11-18(24-23-17)21(29)22-20-13(2)26-28(15(20)4)16-9-7-6-8-10-16/h6-11H,1-5H3,(H,22,29)(H,23,24). The number of benzene rings is 1. The second kappa shape index (κ2) is 7.05. The van der Waals surface area contributed by atoms with Gasteiger partial charge in [-0.2, -0.15) is 15.3 Å². The average Bonchev–Trinajstić information content (AvgIpc) is 3.35. The van der Waals surface area contributed by atoms with Crippen molar-refractivity contribution in [3.8, 4) is 16.9 Å². The summed E-state index contributed by atoms with van der Waals surface area (Å²) in [6.07, 6.45) is 0. The summed E-state index contributed by atoms with van der Waals surface area (Å²) >= 11 is 0. The Balaban J connectivity index is 1.61. The fourth-order valence-corrected chi connectivity index (χ4v) is 3.54. The summed E-state index contributed by atoms with van der Waals surface area (Å²) in [6, 6.07) is 11.6. The van der Waals surface area contributed by atoms with Crippen LogP contribution in [0, 0.1) is 27.7 Å². The number of nitrogens with zero attached hydrogens (tertiary/aromatic N) is 5. The number of nitrogens with one attached hydrogen (secondary N) is 2. The van der Waals surface area contributed by atoms with Crippen LogP contribution in [0.3, 0.4) is 0 Å². The van der Waals surface area contributed by atoms with Gasteiger partial charge < -0.3 is 5.32 Å². The molecule has 8 heteroatoms. The molecule has 0 radical (unpaired) electrons. The first-order valence-electron chi connectivity index (χ1n) is 9.35. The molecular weight excluding hydrogens is 366 g/mol. The smallest absolute Gasteiger partial charge is 0.273 e. The number of aryl methyl sites for hydroxylation is 3. The van der Waals surface area contributed by atoms with E-state index in [1.54, 1.807) is 6.07 Å². The second-order valence-electron chi connectivity index (χ2n) is 7.08. The summed E-state index contributed by atoms with van der Waals surface area (Å²) in [5.41, 5.74) is 7.14. The van der Waals surface area contributed by atoms with Crippen molar-refractivity contribution in [3.05, 3.63) is 64.9 Å². The number of carbonyl (C=O) groups is 1. The summed E-state index contributed by atoms with van der Waals surface area (Å²) in [4.78, 5) is 12.8. The van der Waals surface area contributed by atoms with Crippen molar-refractivity contribution in [1.29, 1.82) is 0 Å². The van der Waals surface area contributed by atoms with Crippen LogP contribution in [0.5, 0.6) is 0 Å². The predicted molar refractivity (Wildman–Crippen MR) is 111 cm³/mol. The Hall–Kier alpha value is -3.68. The highest BCUT2D eigenvalue weighted by Crippen LogP contribution is 2.26. The van der Waals surface area contributed by atoms with Gasteiger partial charge in [0.15, 0.2) is 0 Å². The lowest BCUT2D eigenvalue weighted by Crippen LogP contribution is -2.13. The molecule has 148 valence electrons. The number of hydrogen-bond acceptors (Lipinski definition) is 4. The van der Waals surface area contributed by atoms with Crippen molar-refractivity contribution in [1.82, 2.24) is 29.8 Å². The number of aromatic amines is 1. The number of para-hydroxylation sites is 1. The number of anilines is 1. The lowest BCUT2D eigenvalue weighted by atomic mass is 10.1. The lowest BCUT2D eigenvalue weighted by molar-refractivity contribution is 0.102. The highest BCUT2D eigenvalue weighted by molar-refractivity contribution is 6.04. The normalized spacial score (nSPS) is 11.1. The van der Waals surface area contributed by atoms with E-state index in [0.29, 0.717) is 17.1 Å². The Bertz CT molecular complexity index is 1200. The largest absolute Gasteiger partial charge is 0.317 e. The van der Waals surface area contributed by atoms with Gasteiger partial charge in [-0.05, 0) is 45.9 Å². The predicted octanol–water partition coefficient (Wildman–Crippen LogP) is 3.48. The molecule has 0 aliphatic heterocycles. The molecule has 0 aliphatic carbocycles. The number of rotatable bonds is 4. The van der Waals surface area contributed by atoms with Gasteiger partial charge in [0.2, 0.25) is 0 Å². The minimum absolute atomic E-state index is 0.262. The zero-order valence-corrected chi connectivity index (χ0v) is 17.1. The summed E-state index contributed by atoms with van der Waals surface area (Å²) in [7, 11) is 1.89. The molecule has 0 fully saturated rings. The topological polar surface area (TPSA) is 93.4 Å². The molecule has 1 aromatic carbocycles. The van der Waals surface area contributed by atoms with Crippen LogP contribution in [0.25, 0.3) is 16.9 Å². The second-order valence-corrected chi connectivity index (χ2v) is 7.08. The van der Waals surface area contributed by atoms with Crippen LogP contribution in [-0.4, -0.2) is 35.7 Å². The third-order valence-electron chi connectivity index (χ3n) is 5.12. The Morgan fingerprint density at radius 1 is 1.00 bits per heavy atom. The first kappa shape index (κ1) is 18.7. The Kier molecular flexibility index (Phi) is 4.54. The van der Waals surface area contributed by atoms with E-state index in [9.17, 15) is 4.79 Å². The number of hydrogen-bond donors (Lipinski definition) is 2. The first-order valence-corrected chi connectivity index (χ1v) is 9.35. The molecular formula is C21H23N7O. The first-order chi connectivity index (χ1) is 13.9. The van der Waals surface area contributed by atoms with Crippen molar-refractivity contribution in [2.45, 2.75) is 27.7 Å². The van der Waals surface area contributed by atoms with Crippen molar-refractivity contribution in [3.63, 3.8) is 0 Å². The monoisotopic (exact) mass is 389 g/mol. The molecule has 0 spiro atoms. The zero-order valence-electron chi connectivity index (χ0n) is 17.1. The van der Waals surface area contributed by atoms with Crippen LogP contribution in [0.2, 0.25) is 0 Å². The van der Waals surface area contributed by atoms with Gasteiger partial charge in [0.1, 0.15) is 5.69 Å². The van der Waals surface area contributed by atoms with E-state index in [1.165, 1.54) is 0 Å². The lowest BCUT2D eigenvalue weighted by Gasteiger charge is -2.06. The Morgan fingerprint density at radius 3 is 2.38 bits per heavy atom. The summed E-state index contributed by atoms with van der Waals surface area (Å²) in [5.74, 6) is -0.262. The summed E-state index contributed by atoms with van der Waals surface area (Å²) in [5, 5.41) is 19.1. The minimum Gasteiger partial charge on any atom is -0.317 e. The molecule has 0 aliphatic rings. The van der Waals surface area contributed by atoms with Crippen molar-refractivity contribution >= 4 is 11.6 Å². The highest BCUT2D eigenvalue weighted by Gasteiger charge is 2.20. The van der Waals surface area contributed by atoms with E-state index >= 15 is 0 Å². The molecule has 0 atom stereocenters. The van der Waals surface area contributed by atoms with E-state index in [-0.39, 0.29) is 5.91 Å². The number of H-pyrrole nitrogens is 1. The quantitative estimate of drug-likeness (QED) is 0.559. The van der Waals surface area contributed by atoms with E-state index in [0.717, 1.165) is 34.0 Å². The fraction of sp³-hybridized carbons (Fsp3) is 0.238. The van der Waals surface area contributed by atoms with Crippen LogP contribution in [0.15, 0.2) is 36.4 Å². The molecule has 0 saturated carbocycles. The van der Waals surface area contributed by atoms with Crippen LogP contribution in [-0.2, 0) is 7.05 Å². The van der Waals surface area contributed by atoms with E-state index < -0.39 is 0 Å². The van der Waals surface area contributed by atoms with E-state index in [1.807, 2.05) is 74.4 Å². The number of carbonyl (C=O) groups excluding carboxylic acids is 1. The fourth-order valence-electron chi connectivity index (χ4n) is 3.54. The average molecular weight is 389 g/mol. The maximum Gasteiger partial charge on any atom is 0.273 e. The third kappa shape index (κ3) is 3.22. The molecule has 3 heterocycles. The van der Waals surface area contributed by atoms with Crippen LogP contribution in [0.4, 0.5) is 5.69 Å². The maximum atomic E-state index is 12.8. The van der Waals surface area contributed by atoms with Gasteiger partial charge in [0.05, 0.1) is 34.2 Å². The van der Waals surface area contributed by atoms with Crippen molar-refractivity contribution in [2.24, 2.45) is 7.05 Å². The van der Waals surface area contributed by atoms with Crippen LogP contribution < -0.4 is 5.32 Å². The highest BCUT2D eigenvalue weighted by atomic mass is 16.2. The Morgan fingerprint density at radius 2 is 1.72 bits per heavy atom. The molecule has 29 heavy (non-hydrogen) atoms. The third-order valence-corrected chi connectivity index (χ3v) is 5.12. The molecule has 1 amide bonds. The SMILES string of the molecule is Cc1nn(-c2ccccc2)c(C)c1NC(=O)c1cc(-c2c(C)nn(C)c2C)n[nH]1. The van der Waals surface area contributed by atoms with Gasteiger partial charge >= 0.3 is 0 Å². The molecule has 0 unspecified atom stereocenters. The van der Waals surface area contributed by atoms with Crippen molar-refractivity contribution < 1.29 is 4.79 Å². The molecule has 2 N–H and O–H groups in total. The van der Waals surface area contributed by atoms with Crippen LogP contribution >= 0.6 is 0 Å². The molecule has 3 aromatic heterocycles. The minimum atomic E-state index is -0.262. The van der Waals surface area contributed by atoms with Gasteiger partial charge in [-0.25, -0.2) is 4.68 Å². The van der Waals surface area contributed by atoms with Crippen LogP contribution in [0.1, 0.15) is 33.3 Å². The van der Waals surface area contributed by atoms with Gasteiger partial charge in [-0.1, -0.05) is 18.2 Å². The molecule has 4 rings (SSSR count). The van der Waals surface area contributed by atoms with Crippen molar-refractivity contribution in [2.75, 3.05) is 5.32 Å². The molecule has 0 saturated heterocycles. The summed E-state index contributed by atoms with van der Waals surface area (Å²) in [6.45, 7) is 7.72.